The van der Waals surface area contributed by atoms with Gasteiger partial charge in [-0.05, 0) is 102 Å². The molecule has 2 aromatic heterocycles. The molecule has 8 aromatic rings. The molecule has 8 rings (SSSR count). The summed E-state index contributed by atoms with van der Waals surface area (Å²) >= 11 is 0. The van der Waals surface area contributed by atoms with Crippen molar-refractivity contribution in [3.8, 4) is 33.6 Å². The lowest BCUT2D eigenvalue weighted by Gasteiger charge is -2.16. The number of rotatable bonds is 10. The predicted octanol–water partition coefficient (Wildman–Crippen LogP) is 14.0. The molecule has 262 valence electrons. The lowest BCUT2D eigenvalue weighted by Crippen LogP contribution is -2.03. The standard InChI is InChI=1S/C52H44N2/c1-6-7-10-19-36(2)37(3)21-17-29-49-39(5)44-26-18-27-45(52(44)54(49)48-28-16-15-20-38(48)4)42-31-33-51-47(35-42)46-34-41(40-22-11-8-12-23-40)30-32-50(46)53(51)43-24-13-9-14-25-43/h6-28,30-35H,2-3,29H2,1,4-5H3/b7-6-,19-10-,21-17-. The summed E-state index contributed by atoms with van der Waals surface area (Å²) < 4.78 is 4.89. The van der Waals surface area contributed by atoms with Crippen LogP contribution in [0.5, 0.6) is 0 Å². The minimum Gasteiger partial charge on any atom is -0.312 e. The number of hydrogen-bond donors (Lipinski definition) is 0. The highest BCUT2D eigenvalue weighted by Crippen LogP contribution is 2.41. The number of para-hydroxylation sites is 3. The van der Waals surface area contributed by atoms with Gasteiger partial charge in [-0.25, -0.2) is 0 Å². The third kappa shape index (κ3) is 6.27. The summed E-state index contributed by atoms with van der Waals surface area (Å²) in [6.07, 6.45) is 13.1. The SMILES string of the molecule is C=C(/C=C\C=C/C)C(=C)/C=C\Cc1c(C)c2cccc(-c3ccc4c(c3)c3cc(-c5ccccc5)ccc3n4-c3ccccc3)c2n1-c1ccccc1C. The Balaban J connectivity index is 1.33. The Kier molecular flexibility index (Phi) is 9.42. The molecule has 2 heterocycles. The van der Waals surface area contributed by atoms with Gasteiger partial charge in [-0.15, -0.1) is 0 Å². The number of allylic oxidation sites excluding steroid dienone is 8. The van der Waals surface area contributed by atoms with Crippen LogP contribution in [0.4, 0.5) is 0 Å². The molecule has 0 unspecified atom stereocenters. The van der Waals surface area contributed by atoms with E-state index in [1.807, 2.05) is 31.2 Å². The van der Waals surface area contributed by atoms with Crippen LogP contribution in [0.1, 0.15) is 23.7 Å². The van der Waals surface area contributed by atoms with Gasteiger partial charge < -0.3 is 9.13 Å². The van der Waals surface area contributed by atoms with E-state index in [4.69, 9.17) is 0 Å². The van der Waals surface area contributed by atoms with Crippen LogP contribution in [0.2, 0.25) is 0 Å². The number of aromatic nitrogens is 2. The van der Waals surface area contributed by atoms with Gasteiger partial charge >= 0.3 is 0 Å². The quantitative estimate of drug-likeness (QED) is 0.126. The molecule has 2 heteroatoms. The monoisotopic (exact) mass is 696 g/mol. The Morgan fingerprint density at radius 3 is 1.94 bits per heavy atom. The molecule has 0 saturated carbocycles. The van der Waals surface area contributed by atoms with Crippen LogP contribution in [-0.4, -0.2) is 9.13 Å². The fourth-order valence-corrected chi connectivity index (χ4v) is 7.77. The van der Waals surface area contributed by atoms with E-state index in [-0.39, 0.29) is 0 Å². The molecule has 0 amide bonds. The molecule has 0 N–H and O–H groups in total. The van der Waals surface area contributed by atoms with Crippen molar-refractivity contribution in [3.05, 3.63) is 217 Å². The van der Waals surface area contributed by atoms with Crippen LogP contribution in [-0.2, 0) is 6.42 Å². The van der Waals surface area contributed by atoms with E-state index in [1.165, 1.54) is 77.5 Å². The van der Waals surface area contributed by atoms with Gasteiger partial charge in [0, 0.05) is 45.2 Å². The van der Waals surface area contributed by atoms with E-state index < -0.39 is 0 Å². The van der Waals surface area contributed by atoms with E-state index in [9.17, 15) is 0 Å². The second-order valence-electron chi connectivity index (χ2n) is 13.9. The van der Waals surface area contributed by atoms with Gasteiger partial charge in [0.05, 0.1) is 16.6 Å². The van der Waals surface area contributed by atoms with Crippen molar-refractivity contribution < 1.29 is 0 Å². The normalized spacial score (nSPS) is 12.0. The summed E-state index contributed by atoms with van der Waals surface area (Å²) in [4.78, 5) is 0. The topological polar surface area (TPSA) is 9.86 Å². The van der Waals surface area contributed by atoms with E-state index in [0.29, 0.717) is 0 Å². The summed E-state index contributed by atoms with van der Waals surface area (Å²) in [6.45, 7) is 15.0. The maximum absolute atomic E-state index is 4.30. The molecular formula is C52H44N2. The van der Waals surface area contributed by atoms with Crippen molar-refractivity contribution >= 4 is 32.7 Å². The molecule has 2 nitrogen and oxygen atoms in total. The average Bonchev–Trinajstić information content (AvgIpc) is 3.69. The number of aryl methyl sites for hydroxylation is 2. The highest BCUT2D eigenvalue weighted by molar-refractivity contribution is 6.12. The maximum atomic E-state index is 4.30. The molecule has 0 aliphatic carbocycles. The molecule has 0 atom stereocenters. The zero-order valence-electron chi connectivity index (χ0n) is 31.3. The fourth-order valence-electron chi connectivity index (χ4n) is 7.77. The molecule has 0 aliphatic heterocycles. The first-order valence-corrected chi connectivity index (χ1v) is 18.7. The second-order valence-corrected chi connectivity index (χ2v) is 13.9. The molecule has 0 fully saturated rings. The highest BCUT2D eigenvalue weighted by Gasteiger charge is 2.21. The number of fused-ring (bicyclic) bond motifs is 4. The predicted molar refractivity (Wildman–Crippen MR) is 233 cm³/mol. The van der Waals surface area contributed by atoms with E-state index in [1.54, 1.807) is 0 Å². The Labute approximate surface area is 318 Å². The third-order valence-electron chi connectivity index (χ3n) is 10.6. The van der Waals surface area contributed by atoms with Crippen LogP contribution in [0.25, 0.3) is 66.3 Å². The molecule has 0 aliphatic rings. The van der Waals surface area contributed by atoms with Crippen LogP contribution in [0.3, 0.4) is 0 Å². The minimum atomic E-state index is 0.755. The number of nitrogens with zero attached hydrogens (tertiary/aromatic N) is 2. The van der Waals surface area contributed by atoms with Crippen LogP contribution < -0.4 is 0 Å². The van der Waals surface area contributed by atoms with E-state index in [2.05, 4.69) is 188 Å². The number of hydrogen-bond acceptors (Lipinski definition) is 0. The second kappa shape index (κ2) is 14.8. The summed E-state index contributed by atoms with van der Waals surface area (Å²) in [6, 6.07) is 50.7. The van der Waals surface area contributed by atoms with Crippen LogP contribution >= 0.6 is 0 Å². The lowest BCUT2D eigenvalue weighted by atomic mass is 9.98. The third-order valence-corrected chi connectivity index (χ3v) is 10.6. The zero-order valence-corrected chi connectivity index (χ0v) is 31.3. The Morgan fingerprint density at radius 1 is 0.574 bits per heavy atom. The largest absolute Gasteiger partial charge is 0.312 e. The molecule has 0 saturated heterocycles. The van der Waals surface area contributed by atoms with Gasteiger partial charge in [0.1, 0.15) is 0 Å². The Morgan fingerprint density at radius 2 is 1.22 bits per heavy atom. The first-order chi connectivity index (χ1) is 26.4. The molecular weight excluding hydrogens is 653 g/mol. The molecule has 0 spiro atoms. The van der Waals surface area contributed by atoms with Gasteiger partial charge in [-0.1, -0.05) is 147 Å². The molecule has 0 bridgehead atoms. The van der Waals surface area contributed by atoms with Crippen LogP contribution in [0, 0.1) is 13.8 Å². The van der Waals surface area contributed by atoms with Crippen LogP contribution in [0.15, 0.2) is 200 Å². The van der Waals surface area contributed by atoms with Gasteiger partial charge in [0.25, 0.3) is 0 Å². The summed E-state index contributed by atoms with van der Waals surface area (Å²) in [5.41, 5.74) is 16.4. The van der Waals surface area contributed by atoms with Crippen molar-refractivity contribution in [2.75, 3.05) is 0 Å². The lowest BCUT2D eigenvalue weighted by molar-refractivity contribution is 0.980. The van der Waals surface area contributed by atoms with Gasteiger partial charge in [0.15, 0.2) is 0 Å². The Hall–Kier alpha value is -6.64. The van der Waals surface area contributed by atoms with Crippen molar-refractivity contribution in [2.45, 2.75) is 27.2 Å². The van der Waals surface area contributed by atoms with Gasteiger partial charge in [0.2, 0.25) is 0 Å². The van der Waals surface area contributed by atoms with Crippen molar-refractivity contribution in [3.63, 3.8) is 0 Å². The summed E-state index contributed by atoms with van der Waals surface area (Å²) in [7, 11) is 0. The summed E-state index contributed by atoms with van der Waals surface area (Å²) in [5.74, 6) is 0. The first-order valence-electron chi connectivity index (χ1n) is 18.7. The van der Waals surface area contributed by atoms with E-state index in [0.717, 1.165) is 23.3 Å². The van der Waals surface area contributed by atoms with Crippen molar-refractivity contribution in [1.29, 1.82) is 0 Å². The summed E-state index contributed by atoms with van der Waals surface area (Å²) in [5, 5.41) is 3.73. The number of benzene rings is 6. The van der Waals surface area contributed by atoms with Gasteiger partial charge in [-0.2, -0.15) is 0 Å². The molecule has 54 heavy (non-hydrogen) atoms. The fraction of sp³-hybridized carbons (Fsp3) is 0.0769. The smallest absolute Gasteiger partial charge is 0.0612 e. The maximum Gasteiger partial charge on any atom is 0.0612 e. The van der Waals surface area contributed by atoms with Crippen molar-refractivity contribution in [1.82, 2.24) is 9.13 Å². The first kappa shape index (κ1) is 34.4. The Bertz CT molecular complexity index is 2780. The van der Waals surface area contributed by atoms with E-state index >= 15 is 0 Å². The molecule has 0 radical (unpaired) electrons. The van der Waals surface area contributed by atoms with Gasteiger partial charge in [-0.3, -0.25) is 0 Å². The molecule has 6 aromatic carbocycles. The minimum absolute atomic E-state index is 0.755. The van der Waals surface area contributed by atoms with Crippen molar-refractivity contribution in [2.24, 2.45) is 0 Å². The zero-order chi connectivity index (χ0) is 37.2. The average molecular weight is 697 g/mol. The highest BCUT2D eigenvalue weighted by atomic mass is 15.0.